The van der Waals surface area contributed by atoms with Crippen molar-refractivity contribution in [3.8, 4) is 0 Å². The number of hydrogen-bond acceptors (Lipinski definition) is 4. The maximum Gasteiger partial charge on any atom is 0.106 e. The fraction of sp³-hybridized carbons (Fsp3) is 1.00. The highest BCUT2D eigenvalue weighted by Crippen LogP contribution is 2.07. The van der Waals surface area contributed by atoms with Gasteiger partial charge in [0.05, 0.1) is 26.4 Å². The van der Waals surface area contributed by atoms with Crippen LogP contribution in [0, 0.1) is 0 Å². The van der Waals surface area contributed by atoms with Crippen molar-refractivity contribution in [2.75, 3.05) is 33.0 Å². The van der Waals surface area contributed by atoms with Crippen LogP contribution >= 0.6 is 0 Å². The molecule has 0 N–H and O–H groups in total. The van der Waals surface area contributed by atoms with E-state index in [4.69, 9.17) is 19.2 Å². The van der Waals surface area contributed by atoms with Crippen LogP contribution < -0.4 is 0 Å². The molecule has 0 aromatic heterocycles. The summed E-state index contributed by atoms with van der Waals surface area (Å²) >= 11 is 0. The smallest absolute Gasteiger partial charge is 0.106 e. The zero-order valence-electron chi connectivity index (χ0n) is 8.16. The summed E-state index contributed by atoms with van der Waals surface area (Å²) in [4.78, 5) is 9.76. The molecule has 0 saturated carbocycles. The molecule has 1 aliphatic heterocycles. The summed E-state index contributed by atoms with van der Waals surface area (Å²) in [7, 11) is 0. The van der Waals surface area contributed by atoms with Gasteiger partial charge in [0.2, 0.25) is 0 Å². The van der Waals surface area contributed by atoms with Gasteiger partial charge in [-0.05, 0) is 6.42 Å². The number of epoxide rings is 1. The van der Waals surface area contributed by atoms with E-state index in [1.54, 1.807) is 0 Å². The lowest BCUT2D eigenvalue weighted by Crippen LogP contribution is -2.09. The summed E-state index contributed by atoms with van der Waals surface area (Å²) in [5.74, 6) is 0. The van der Waals surface area contributed by atoms with Crippen LogP contribution in [0.25, 0.3) is 0 Å². The molecule has 0 radical (unpaired) electrons. The van der Waals surface area contributed by atoms with Crippen LogP contribution in [0.2, 0.25) is 0 Å². The Kier molecular flexibility index (Phi) is 6.10. The van der Waals surface area contributed by atoms with E-state index < -0.39 is 0 Å². The molecule has 1 rings (SSSR count). The molecule has 78 valence electrons. The van der Waals surface area contributed by atoms with E-state index in [-0.39, 0.29) is 0 Å². The highest BCUT2D eigenvalue weighted by atomic mass is 17.2. The summed E-state index contributed by atoms with van der Waals surface area (Å²) in [6.45, 7) is 5.37. The van der Waals surface area contributed by atoms with Crippen molar-refractivity contribution in [3.05, 3.63) is 0 Å². The Balaban J connectivity index is 1.63. The van der Waals surface area contributed by atoms with Crippen molar-refractivity contribution in [3.63, 3.8) is 0 Å². The van der Waals surface area contributed by atoms with Crippen LogP contribution in [0.3, 0.4) is 0 Å². The topological polar surface area (TPSA) is 40.2 Å². The Morgan fingerprint density at radius 1 is 1.23 bits per heavy atom. The molecule has 1 atom stereocenters. The molecule has 0 spiro atoms. The molecule has 1 fully saturated rings. The van der Waals surface area contributed by atoms with Gasteiger partial charge in [0, 0.05) is 0 Å². The minimum Gasteiger partial charge on any atom is -0.376 e. The summed E-state index contributed by atoms with van der Waals surface area (Å²) < 4.78 is 10.2. The maximum atomic E-state index is 5.23. The molecular weight excluding hydrogens is 172 g/mol. The third kappa shape index (κ3) is 6.95. The molecule has 0 aromatic rings. The molecule has 0 aromatic carbocycles. The normalized spacial score (nSPS) is 20.5. The third-order valence-corrected chi connectivity index (χ3v) is 1.68. The molecule has 0 aliphatic carbocycles. The van der Waals surface area contributed by atoms with Gasteiger partial charge in [-0.2, -0.15) is 0 Å². The van der Waals surface area contributed by atoms with Gasteiger partial charge in [0.1, 0.15) is 12.7 Å². The Bertz CT molecular complexity index is 114. The van der Waals surface area contributed by atoms with Gasteiger partial charge in [-0.1, -0.05) is 13.3 Å². The van der Waals surface area contributed by atoms with Crippen LogP contribution in [0.5, 0.6) is 0 Å². The van der Waals surface area contributed by atoms with Gasteiger partial charge >= 0.3 is 0 Å². The second kappa shape index (κ2) is 7.26. The molecule has 4 heteroatoms. The molecule has 1 aliphatic rings. The Hall–Kier alpha value is -0.160. The van der Waals surface area contributed by atoms with Crippen molar-refractivity contribution in [1.29, 1.82) is 0 Å². The van der Waals surface area contributed by atoms with Gasteiger partial charge in [-0.15, -0.1) is 0 Å². The third-order valence-electron chi connectivity index (χ3n) is 1.68. The lowest BCUT2D eigenvalue weighted by molar-refractivity contribution is -0.299. The first-order valence-corrected chi connectivity index (χ1v) is 4.87. The van der Waals surface area contributed by atoms with Gasteiger partial charge in [0.15, 0.2) is 0 Å². The van der Waals surface area contributed by atoms with E-state index in [0.29, 0.717) is 32.5 Å². The largest absolute Gasteiger partial charge is 0.376 e. The van der Waals surface area contributed by atoms with E-state index >= 15 is 0 Å². The minimum atomic E-state index is 0.334. The van der Waals surface area contributed by atoms with Crippen molar-refractivity contribution in [2.24, 2.45) is 0 Å². The Morgan fingerprint density at radius 3 is 2.69 bits per heavy atom. The standard InChI is InChI=1S/C9H18O4/c1-2-3-4-12-13-6-5-10-7-9-8-11-9/h9H,2-8H2,1H3. The van der Waals surface area contributed by atoms with Crippen LogP contribution in [0.15, 0.2) is 0 Å². The fourth-order valence-corrected chi connectivity index (χ4v) is 0.793. The van der Waals surface area contributed by atoms with Crippen LogP contribution in [-0.2, 0) is 19.2 Å². The second-order valence-electron chi connectivity index (χ2n) is 3.03. The van der Waals surface area contributed by atoms with Gasteiger partial charge < -0.3 is 9.47 Å². The van der Waals surface area contributed by atoms with Crippen molar-refractivity contribution >= 4 is 0 Å². The first kappa shape index (κ1) is 10.9. The van der Waals surface area contributed by atoms with Crippen LogP contribution in [-0.4, -0.2) is 39.1 Å². The summed E-state index contributed by atoms with van der Waals surface area (Å²) in [6.07, 6.45) is 2.50. The molecular formula is C9H18O4. The molecule has 13 heavy (non-hydrogen) atoms. The summed E-state index contributed by atoms with van der Waals surface area (Å²) in [5.41, 5.74) is 0. The van der Waals surface area contributed by atoms with Crippen molar-refractivity contribution in [1.82, 2.24) is 0 Å². The highest BCUT2D eigenvalue weighted by molar-refractivity contribution is 4.66. The van der Waals surface area contributed by atoms with Gasteiger partial charge in [-0.25, -0.2) is 9.78 Å². The lowest BCUT2D eigenvalue weighted by Gasteiger charge is -2.03. The molecule has 1 unspecified atom stereocenters. The molecule has 1 heterocycles. The average molecular weight is 190 g/mol. The van der Waals surface area contributed by atoms with Crippen molar-refractivity contribution < 1.29 is 19.2 Å². The second-order valence-corrected chi connectivity index (χ2v) is 3.03. The molecule has 0 bridgehead atoms. The Labute approximate surface area is 79.0 Å². The zero-order chi connectivity index (χ0) is 9.36. The number of unbranched alkanes of at least 4 members (excludes halogenated alkanes) is 1. The summed E-state index contributed by atoms with van der Waals surface area (Å²) in [5, 5.41) is 0. The van der Waals surface area contributed by atoms with Gasteiger partial charge in [0.25, 0.3) is 0 Å². The monoisotopic (exact) mass is 190 g/mol. The number of rotatable bonds is 9. The quantitative estimate of drug-likeness (QED) is 0.237. The Morgan fingerprint density at radius 2 is 2.00 bits per heavy atom. The first-order valence-electron chi connectivity index (χ1n) is 4.87. The molecule has 4 nitrogen and oxygen atoms in total. The van der Waals surface area contributed by atoms with E-state index in [2.05, 4.69) is 6.92 Å². The van der Waals surface area contributed by atoms with Gasteiger partial charge in [-0.3, -0.25) is 0 Å². The SMILES string of the molecule is CCCCOOCCOCC1CO1. The predicted molar refractivity (Wildman–Crippen MR) is 47.4 cm³/mol. The molecule has 0 amide bonds. The number of ether oxygens (including phenoxy) is 2. The first-order chi connectivity index (χ1) is 6.43. The van der Waals surface area contributed by atoms with Crippen LogP contribution in [0.4, 0.5) is 0 Å². The maximum absolute atomic E-state index is 5.23. The minimum absolute atomic E-state index is 0.334. The zero-order valence-corrected chi connectivity index (χ0v) is 8.16. The van der Waals surface area contributed by atoms with E-state index in [1.807, 2.05) is 0 Å². The number of hydrogen-bond donors (Lipinski definition) is 0. The average Bonchev–Trinajstić information content (AvgIpc) is 2.93. The lowest BCUT2D eigenvalue weighted by atomic mass is 10.4. The summed E-state index contributed by atoms with van der Waals surface area (Å²) in [6, 6.07) is 0. The van der Waals surface area contributed by atoms with E-state index in [9.17, 15) is 0 Å². The predicted octanol–water partition coefficient (Wildman–Crippen LogP) is 1.15. The van der Waals surface area contributed by atoms with Crippen LogP contribution in [0.1, 0.15) is 19.8 Å². The van der Waals surface area contributed by atoms with E-state index in [1.165, 1.54) is 0 Å². The fourth-order valence-electron chi connectivity index (χ4n) is 0.793. The van der Waals surface area contributed by atoms with E-state index in [0.717, 1.165) is 19.4 Å². The van der Waals surface area contributed by atoms with Crippen molar-refractivity contribution in [2.45, 2.75) is 25.9 Å². The molecule has 1 saturated heterocycles. The highest BCUT2D eigenvalue weighted by Gasteiger charge is 2.21.